The van der Waals surface area contributed by atoms with E-state index in [1.807, 2.05) is 0 Å². The predicted molar refractivity (Wildman–Crippen MR) is 57.3 cm³/mol. The Morgan fingerprint density at radius 2 is 1.87 bits per heavy atom. The van der Waals surface area contributed by atoms with Crippen molar-refractivity contribution < 1.29 is 14.7 Å². The van der Waals surface area contributed by atoms with E-state index in [9.17, 15) is 9.59 Å². The zero-order chi connectivity index (χ0) is 12.2. The van der Waals surface area contributed by atoms with Crippen molar-refractivity contribution in [2.45, 2.75) is 33.2 Å². The summed E-state index contributed by atoms with van der Waals surface area (Å²) in [6.07, 6.45) is 0.807. The summed E-state index contributed by atoms with van der Waals surface area (Å²) < 4.78 is 0. The normalized spacial score (nSPS) is 13.4. The lowest BCUT2D eigenvalue weighted by molar-refractivity contribution is -0.146. The number of carbonyl (C=O) groups excluding carboxylic acids is 1. The first-order valence-electron chi connectivity index (χ1n) is 4.88. The molecule has 3 N–H and O–H groups in total. The number of nitrogens with two attached hydrogens (primary N) is 1. The van der Waals surface area contributed by atoms with E-state index in [0.29, 0.717) is 6.54 Å². The third-order valence-electron chi connectivity index (χ3n) is 2.11. The van der Waals surface area contributed by atoms with E-state index in [0.717, 1.165) is 6.42 Å². The summed E-state index contributed by atoms with van der Waals surface area (Å²) in [6, 6.07) is -1.45. The minimum atomic E-state index is -1.45. The van der Waals surface area contributed by atoms with Crippen molar-refractivity contribution >= 4 is 11.9 Å². The molecule has 0 heterocycles. The van der Waals surface area contributed by atoms with Crippen LogP contribution in [0.3, 0.4) is 0 Å². The Morgan fingerprint density at radius 1 is 1.40 bits per heavy atom. The lowest BCUT2D eigenvalue weighted by atomic mass is 9.92. The molecule has 0 aromatic rings. The summed E-state index contributed by atoms with van der Waals surface area (Å²) in [6.45, 7) is 6.69. The SMILES string of the molecule is CN(CCC(C)(C)C)C(=O)C(N)C(=O)O. The zero-order valence-corrected chi connectivity index (χ0v) is 9.78. The third kappa shape index (κ3) is 5.37. The van der Waals surface area contributed by atoms with Gasteiger partial charge in [-0.2, -0.15) is 0 Å². The highest BCUT2D eigenvalue weighted by Crippen LogP contribution is 2.18. The molecule has 1 atom stereocenters. The van der Waals surface area contributed by atoms with Gasteiger partial charge < -0.3 is 15.7 Å². The van der Waals surface area contributed by atoms with Crippen LogP contribution in [0.15, 0.2) is 0 Å². The molecule has 5 heteroatoms. The molecule has 0 saturated carbocycles. The Bertz CT molecular complexity index is 246. The molecule has 1 amide bonds. The summed E-state index contributed by atoms with van der Waals surface area (Å²) >= 11 is 0. The maximum absolute atomic E-state index is 11.4. The predicted octanol–water partition coefficient (Wildman–Crippen LogP) is 0.293. The molecule has 1 unspecified atom stereocenters. The summed E-state index contributed by atoms with van der Waals surface area (Å²) in [5, 5.41) is 8.56. The van der Waals surface area contributed by atoms with Gasteiger partial charge in [0.2, 0.25) is 0 Å². The maximum Gasteiger partial charge on any atom is 0.330 e. The molecule has 5 nitrogen and oxygen atoms in total. The molecule has 0 aliphatic heterocycles. The number of carboxylic acids is 1. The average Bonchev–Trinajstić information content (AvgIpc) is 2.10. The number of carbonyl (C=O) groups is 2. The monoisotopic (exact) mass is 216 g/mol. The van der Waals surface area contributed by atoms with Crippen molar-refractivity contribution in [2.75, 3.05) is 13.6 Å². The number of aliphatic carboxylic acids is 1. The van der Waals surface area contributed by atoms with Crippen LogP contribution in [0.1, 0.15) is 27.2 Å². The van der Waals surface area contributed by atoms with Gasteiger partial charge in [0.25, 0.3) is 5.91 Å². The maximum atomic E-state index is 11.4. The van der Waals surface area contributed by atoms with Gasteiger partial charge in [-0.1, -0.05) is 20.8 Å². The number of amides is 1. The molecule has 0 aromatic carbocycles. The van der Waals surface area contributed by atoms with Crippen LogP contribution in [0.4, 0.5) is 0 Å². The summed E-state index contributed by atoms with van der Waals surface area (Å²) in [5.41, 5.74) is 5.32. The lowest BCUT2D eigenvalue weighted by Gasteiger charge is -2.24. The first-order chi connectivity index (χ1) is 6.65. The molecule has 15 heavy (non-hydrogen) atoms. The van der Waals surface area contributed by atoms with Crippen LogP contribution in [-0.4, -0.2) is 41.5 Å². The molecule has 0 aliphatic rings. The highest BCUT2D eigenvalue weighted by Gasteiger charge is 2.25. The summed E-state index contributed by atoms with van der Waals surface area (Å²) in [4.78, 5) is 23.3. The second-order valence-corrected chi connectivity index (χ2v) is 4.89. The smallest absolute Gasteiger partial charge is 0.330 e. The van der Waals surface area contributed by atoms with E-state index in [1.54, 1.807) is 7.05 Å². The fourth-order valence-corrected chi connectivity index (χ4v) is 0.956. The number of likely N-dealkylation sites (N-methyl/N-ethyl adjacent to an activating group) is 1. The molecule has 0 spiro atoms. The van der Waals surface area contributed by atoms with Gasteiger partial charge in [-0.05, 0) is 11.8 Å². The second kappa shape index (κ2) is 5.11. The molecule has 88 valence electrons. The summed E-state index contributed by atoms with van der Waals surface area (Å²) in [5.74, 6) is -1.84. The van der Waals surface area contributed by atoms with Crippen molar-refractivity contribution in [1.29, 1.82) is 0 Å². The number of hydrogen-bond donors (Lipinski definition) is 2. The van der Waals surface area contributed by atoms with Crippen molar-refractivity contribution in [3.63, 3.8) is 0 Å². The topological polar surface area (TPSA) is 83.6 Å². The van der Waals surface area contributed by atoms with Crippen molar-refractivity contribution in [3.8, 4) is 0 Å². The first-order valence-corrected chi connectivity index (χ1v) is 4.88. The Balaban J connectivity index is 4.17. The van der Waals surface area contributed by atoms with Gasteiger partial charge >= 0.3 is 5.97 Å². The van der Waals surface area contributed by atoms with Crippen LogP contribution < -0.4 is 5.73 Å². The minimum absolute atomic E-state index is 0.113. The molecular formula is C10H20N2O3. The molecule has 0 radical (unpaired) electrons. The van der Waals surface area contributed by atoms with E-state index in [-0.39, 0.29) is 5.41 Å². The van der Waals surface area contributed by atoms with Gasteiger partial charge in [-0.3, -0.25) is 4.79 Å². The Hall–Kier alpha value is -1.10. The van der Waals surface area contributed by atoms with E-state index >= 15 is 0 Å². The van der Waals surface area contributed by atoms with Crippen molar-refractivity contribution in [1.82, 2.24) is 4.90 Å². The minimum Gasteiger partial charge on any atom is -0.480 e. The number of carboxylic acid groups (broad SMARTS) is 1. The third-order valence-corrected chi connectivity index (χ3v) is 2.11. The van der Waals surface area contributed by atoms with Crippen LogP contribution in [0.5, 0.6) is 0 Å². The number of hydrogen-bond acceptors (Lipinski definition) is 3. The average molecular weight is 216 g/mol. The van der Waals surface area contributed by atoms with Gasteiger partial charge in [0.1, 0.15) is 0 Å². The van der Waals surface area contributed by atoms with Crippen molar-refractivity contribution in [2.24, 2.45) is 11.1 Å². The van der Waals surface area contributed by atoms with Crippen LogP contribution in [0.25, 0.3) is 0 Å². The highest BCUT2D eigenvalue weighted by molar-refractivity contribution is 6.00. The van der Waals surface area contributed by atoms with Gasteiger partial charge in [0.05, 0.1) is 0 Å². The van der Waals surface area contributed by atoms with E-state index in [1.165, 1.54) is 4.90 Å². The molecule has 0 aromatic heterocycles. The first kappa shape index (κ1) is 13.9. The van der Waals surface area contributed by atoms with Crippen LogP contribution in [-0.2, 0) is 9.59 Å². The Morgan fingerprint density at radius 3 is 2.20 bits per heavy atom. The van der Waals surface area contributed by atoms with Crippen LogP contribution in [0, 0.1) is 5.41 Å². The highest BCUT2D eigenvalue weighted by atomic mass is 16.4. The molecular weight excluding hydrogens is 196 g/mol. The fraction of sp³-hybridized carbons (Fsp3) is 0.800. The largest absolute Gasteiger partial charge is 0.480 e. The fourth-order valence-electron chi connectivity index (χ4n) is 0.956. The van der Waals surface area contributed by atoms with E-state index in [4.69, 9.17) is 10.8 Å². The zero-order valence-electron chi connectivity index (χ0n) is 9.78. The van der Waals surface area contributed by atoms with Gasteiger partial charge in [0, 0.05) is 13.6 Å². The van der Waals surface area contributed by atoms with Gasteiger partial charge in [-0.25, -0.2) is 4.79 Å². The molecule has 0 rings (SSSR count). The lowest BCUT2D eigenvalue weighted by Crippen LogP contribution is -2.47. The van der Waals surface area contributed by atoms with Crippen LogP contribution >= 0.6 is 0 Å². The quantitative estimate of drug-likeness (QED) is 0.662. The molecule has 0 saturated heterocycles. The van der Waals surface area contributed by atoms with Gasteiger partial charge in [-0.15, -0.1) is 0 Å². The van der Waals surface area contributed by atoms with Crippen LogP contribution in [0.2, 0.25) is 0 Å². The van der Waals surface area contributed by atoms with E-state index in [2.05, 4.69) is 20.8 Å². The molecule has 0 aliphatic carbocycles. The molecule has 0 fully saturated rings. The number of rotatable bonds is 4. The van der Waals surface area contributed by atoms with Gasteiger partial charge in [0.15, 0.2) is 6.04 Å². The molecule has 0 bridgehead atoms. The summed E-state index contributed by atoms with van der Waals surface area (Å²) in [7, 11) is 1.57. The van der Waals surface area contributed by atoms with E-state index < -0.39 is 17.9 Å². The standard InChI is InChI=1S/C10H20N2O3/c1-10(2,3)5-6-12(4)8(13)7(11)9(14)15/h7H,5-6,11H2,1-4H3,(H,14,15). The van der Waals surface area contributed by atoms with Crippen molar-refractivity contribution in [3.05, 3.63) is 0 Å². The second-order valence-electron chi connectivity index (χ2n) is 4.89. The number of nitrogens with zero attached hydrogens (tertiary/aromatic N) is 1. The Kier molecular flexibility index (Phi) is 4.74. The Labute approximate surface area is 90.2 Å².